The number of aliphatic hydroxyl groups excluding tert-OH is 1. The monoisotopic (exact) mass is 241 g/mol. The van der Waals surface area contributed by atoms with Crippen LogP contribution >= 0.6 is 11.6 Å². The molecule has 16 heavy (non-hydrogen) atoms. The fourth-order valence-electron chi connectivity index (χ4n) is 1.88. The molecule has 0 fully saturated rings. The van der Waals surface area contributed by atoms with E-state index in [1.54, 1.807) is 0 Å². The van der Waals surface area contributed by atoms with Crippen LogP contribution in [0, 0.1) is 0 Å². The molecule has 3 nitrogen and oxygen atoms in total. The number of halogens is 1. The normalized spacial score (nSPS) is 18.4. The zero-order chi connectivity index (χ0) is 11.4. The lowest BCUT2D eigenvalue weighted by Crippen LogP contribution is -2.34. The molecular weight excluding hydrogens is 226 g/mol. The Balaban J connectivity index is 2.05. The van der Waals surface area contributed by atoms with Gasteiger partial charge in [0.15, 0.2) is 0 Å². The van der Waals surface area contributed by atoms with Crippen molar-refractivity contribution in [2.45, 2.75) is 12.6 Å². The van der Waals surface area contributed by atoms with Crippen molar-refractivity contribution < 1.29 is 9.84 Å². The van der Waals surface area contributed by atoms with Crippen LogP contribution in [0.5, 0.6) is 5.75 Å². The van der Waals surface area contributed by atoms with Crippen molar-refractivity contribution in [3.8, 4) is 5.75 Å². The Morgan fingerprint density at radius 1 is 1.44 bits per heavy atom. The van der Waals surface area contributed by atoms with Crippen LogP contribution in [0.3, 0.4) is 0 Å². The summed E-state index contributed by atoms with van der Waals surface area (Å²) in [5.74, 6) is 1.23. The van der Waals surface area contributed by atoms with Gasteiger partial charge in [-0.3, -0.25) is 4.90 Å². The van der Waals surface area contributed by atoms with Crippen molar-refractivity contribution in [3.05, 3.63) is 29.8 Å². The van der Waals surface area contributed by atoms with Gasteiger partial charge in [0.1, 0.15) is 12.4 Å². The zero-order valence-corrected chi connectivity index (χ0v) is 9.86. The van der Waals surface area contributed by atoms with Crippen LogP contribution in [0.2, 0.25) is 0 Å². The number of ether oxygens (including phenoxy) is 1. The standard InChI is InChI=1S/C12H16ClNO2/c13-7-11(15)9-14-5-6-16-12-4-2-1-3-10(12)8-14/h1-4,11,15H,5-9H2. The van der Waals surface area contributed by atoms with Crippen molar-refractivity contribution in [1.29, 1.82) is 0 Å². The first-order valence-electron chi connectivity index (χ1n) is 5.46. The van der Waals surface area contributed by atoms with Crippen LogP contribution in [-0.4, -0.2) is 41.7 Å². The molecule has 0 radical (unpaired) electrons. The summed E-state index contributed by atoms with van der Waals surface area (Å²) in [6, 6.07) is 8.02. The molecule has 1 aliphatic heterocycles. The molecule has 4 heteroatoms. The molecule has 1 N–H and O–H groups in total. The largest absolute Gasteiger partial charge is 0.492 e. The Morgan fingerprint density at radius 2 is 2.25 bits per heavy atom. The fourth-order valence-corrected chi connectivity index (χ4v) is 1.98. The Labute approximate surface area is 101 Å². The van der Waals surface area contributed by atoms with Crippen molar-refractivity contribution in [3.63, 3.8) is 0 Å². The molecule has 0 aliphatic carbocycles. The number of hydrogen-bond donors (Lipinski definition) is 1. The van der Waals surface area contributed by atoms with Crippen LogP contribution in [0.25, 0.3) is 0 Å². The molecule has 0 aromatic heterocycles. The highest BCUT2D eigenvalue weighted by Crippen LogP contribution is 2.22. The molecule has 0 saturated heterocycles. The van der Waals surface area contributed by atoms with E-state index >= 15 is 0 Å². The number of hydrogen-bond acceptors (Lipinski definition) is 3. The maximum absolute atomic E-state index is 9.54. The number of rotatable bonds is 3. The van der Waals surface area contributed by atoms with E-state index in [1.165, 1.54) is 5.56 Å². The lowest BCUT2D eigenvalue weighted by atomic mass is 10.2. The molecule has 1 aliphatic rings. The molecule has 0 spiro atoms. The van der Waals surface area contributed by atoms with Crippen molar-refractivity contribution >= 4 is 11.6 Å². The van der Waals surface area contributed by atoms with Gasteiger partial charge in [-0.2, -0.15) is 0 Å². The minimum Gasteiger partial charge on any atom is -0.492 e. The van der Waals surface area contributed by atoms with Gasteiger partial charge in [0, 0.05) is 31.1 Å². The molecule has 1 unspecified atom stereocenters. The average molecular weight is 242 g/mol. The Hall–Kier alpha value is -0.770. The topological polar surface area (TPSA) is 32.7 Å². The van der Waals surface area contributed by atoms with E-state index in [-0.39, 0.29) is 5.88 Å². The third-order valence-corrected chi connectivity index (χ3v) is 3.03. The molecule has 88 valence electrons. The highest BCUT2D eigenvalue weighted by atomic mass is 35.5. The van der Waals surface area contributed by atoms with Gasteiger partial charge in [0.25, 0.3) is 0 Å². The maximum Gasteiger partial charge on any atom is 0.123 e. The van der Waals surface area contributed by atoms with Crippen LogP contribution in [-0.2, 0) is 6.54 Å². The van der Waals surface area contributed by atoms with Gasteiger partial charge in [-0.15, -0.1) is 11.6 Å². The van der Waals surface area contributed by atoms with Gasteiger partial charge in [-0.25, -0.2) is 0 Å². The maximum atomic E-state index is 9.54. The van der Waals surface area contributed by atoms with Crippen LogP contribution in [0.1, 0.15) is 5.56 Å². The first-order valence-corrected chi connectivity index (χ1v) is 6.00. The fraction of sp³-hybridized carbons (Fsp3) is 0.500. The molecule has 0 amide bonds. The van der Waals surface area contributed by atoms with Gasteiger partial charge >= 0.3 is 0 Å². The summed E-state index contributed by atoms with van der Waals surface area (Å²) in [6.45, 7) is 2.89. The van der Waals surface area contributed by atoms with Crippen molar-refractivity contribution in [1.82, 2.24) is 4.90 Å². The van der Waals surface area contributed by atoms with E-state index < -0.39 is 6.10 Å². The molecule has 1 atom stereocenters. The zero-order valence-electron chi connectivity index (χ0n) is 9.10. The highest BCUT2D eigenvalue weighted by Gasteiger charge is 2.16. The van der Waals surface area contributed by atoms with Crippen LogP contribution in [0.4, 0.5) is 0 Å². The Morgan fingerprint density at radius 3 is 3.06 bits per heavy atom. The van der Waals surface area contributed by atoms with Gasteiger partial charge in [0.2, 0.25) is 0 Å². The molecule has 1 aromatic carbocycles. The summed E-state index contributed by atoms with van der Waals surface area (Å²) in [5.41, 5.74) is 1.17. The summed E-state index contributed by atoms with van der Waals surface area (Å²) in [4.78, 5) is 2.17. The molecule has 2 rings (SSSR count). The van der Waals surface area contributed by atoms with E-state index in [0.717, 1.165) is 18.8 Å². The van der Waals surface area contributed by atoms with Crippen LogP contribution < -0.4 is 4.74 Å². The van der Waals surface area contributed by atoms with E-state index in [9.17, 15) is 5.11 Å². The third kappa shape index (κ3) is 2.88. The minimum atomic E-state index is -0.466. The number of alkyl halides is 1. The summed E-state index contributed by atoms with van der Waals surface area (Å²) in [7, 11) is 0. The summed E-state index contributed by atoms with van der Waals surface area (Å²) in [5, 5.41) is 9.54. The molecule has 1 heterocycles. The Bertz CT molecular complexity index is 346. The number of nitrogens with zero attached hydrogens (tertiary/aromatic N) is 1. The highest BCUT2D eigenvalue weighted by molar-refractivity contribution is 6.18. The second-order valence-electron chi connectivity index (χ2n) is 4.00. The SMILES string of the molecule is OC(CCl)CN1CCOc2ccccc2C1. The van der Waals surface area contributed by atoms with Crippen molar-refractivity contribution in [2.75, 3.05) is 25.6 Å². The lowest BCUT2D eigenvalue weighted by Gasteiger charge is -2.21. The summed E-state index contributed by atoms with van der Waals surface area (Å²) >= 11 is 5.60. The van der Waals surface area contributed by atoms with E-state index in [1.807, 2.05) is 18.2 Å². The van der Waals surface area contributed by atoms with Gasteiger partial charge < -0.3 is 9.84 Å². The summed E-state index contributed by atoms with van der Waals surface area (Å²) < 4.78 is 5.64. The first-order chi connectivity index (χ1) is 7.79. The number of aliphatic hydroxyl groups is 1. The predicted molar refractivity (Wildman–Crippen MR) is 63.9 cm³/mol. The number of fused-ring (bicyclic) bond motifs is 1. The second kappa shape index (κ2) is 5.53. The van der Waals surface area contributed by atoms with Crippen LogP contribution in [0.15, 0.2) is 24.3 Å². The smallest absolute Gasteiger partial charge is 0.123 e. The molecule has 1 aromatic rings. The number of benzene rings is 1. The van der Waals surface area contributed by atoms with Gasteiger partial charge in [0.05, 0.1) is 6.10 Å². The quantitative estimate of drug-likeness (QED) is 0.814. The molecule has 0 saturated carbocycles. The Kier molecular flexibility index (Phi) is 4.04. The van der Waals surface area contributed by atoms with E-state index in [4.69, 9.17) is 16.3 Å². The molecule has 0 bridgehead atoms. The van der Waals surface area contributed by atoms with E-state index in [0.29, 0.717) is 13.2 Å². The lowest BCUT2D eigenvalue weighted by molar-refractivity contribution is 0.119. The third-order valence-electron chi connectivity index (χ3n) is 2.68. The van der Waals surface area contributed by atoms with Gasteiger partial charge in [-0.1, -0.05) is 18.2 Å². The number of β-amino-alcohol motifs (C(OH)–C–C–N with tert-alkyl or cyclic N) is 1. The first kappa shape index (κ1) is 11.7. The predicted octanol–water partition coefficient (Wildman–Crippen LogP) is 1.48. The average Bonchev–Trinajstić information content (AvgIpc) is 2.50. The second-order valence-corrected chi connectivity index (χ2v) is 4.31. The van der Waals surface area contributed by atoms with Gasteiger partial charge in [-0.05, 0) is 6.07 Å². The van der Waals surface area contributed by atoms with Crippen molar-refractivity contribution in [2.24, 2.45) is 0 Å². The molecular formula is C12H16ClNO2. The minimum absolute atomic E-state index is 0.277. The van der Waals surface area contributed by atoms with E-state index in [2.05, 4.69) is 11.0 Å². The number of para-hydroxylation sites is 1. The summed E-state index contributed by atoms with van der Waals surface area (Å²) in [6.07, 6.45) is -0.466.